The maximum Gasteiger partial charge on any atom is 0.263 e. The van der Waals surface area contributed by atoms with Gasteiger partial charge in [-0.25, -0.2) is 18.1 Å². The van der Waals surface area contributed by atoms with Gasteiger partial charge in [-0.3, -0.25) is 0 Å². The van der Waals surface area contributed by atoms with Gasteiger partial charge in [-0.1, -0.05) is 18.5 Å². The van der Waals surface area contributed by atoms with Crippen LogP contribution in [0, 0.1) is 19.8 Å². The fourth-order valence-electron chi connectivity index (χ4n) is 3.06. The molecule has 1 saturated heterocycles. The number of piperidine rings is 1. The predicted molar refractivity (Wildman–Crippen MR) is 90.1 cm³/mol. The molecule has 0 atom stereocenters. The summed E-state index contributed by atoms with van der Waals surface area (Å²) in [6, 6.07) is 0. The smallest absolute Gasteiger partial charge is 0.249 e. The van der Waals surface area contributed by atoms with E-state index in [0.717, 1.165) is 12.8 Å². The Balaban J connectivity index is 2.18. The summed E-state index contributed by atoms with van der Waals surface area (Å²) in [5, 5.41) is 5.35. The third-order valence-electron chi connectivity index (χ3n) is 4.61. The molecule has 126 valence electrons. The van der Waals surface area contributed by atoms with Gasteiger partial charge in [-0.15, -0.1) is 0 Å². The average molecular weight is 357 g/mol. The van der Waals surface area contributed by atoms with Gasteiger partial charge in [0.15, 0.2) is 5.65 Å². The molecule has 3 rings (SSSR count). The Morgan fingerprint density at radius 3 is 2.43 bits per heavy atom. The van der Waals surface area contributed by atoms with E-state index in [9.17, 15) is 8.42 Å². The van der Waals surface area contributed by atoms with E-state index in [2.05, 4.69) is 17.0 Å². The van der Waals surface area contributed by atoms with Gasteiger partial charge in [0.05, 0.1) is 16.1 Å². The van der Waals surface area contributed by atoms with Gasteiger partial charge >= 0.3 is 0 Å². The second kappa shape index (κ2) is 5.72. The maximum atomic E-state index is 13.0. The Kier molecular flexibility index (Phi) is 4.14. The first-order valence-electron chi connectivity index (χ1n) is 7.73. The molecule has 0 saturated carbocycles. The van der Waals surface area contributed by atoms with Crippen LogP contribution in [0.1, 0.15) is 31.0 Å². The lowest BCUT2D eigenvalue weighted by molar-refractivity contribution is 0.287. The van der Waals surface area contributed by atoms with Crippen LogP contribution in [0.2, 0.25) is 5.02 Å². The van der Waals surface area contributed by atoms with E-state index in [1.807, 2.05) is 13.8 Å². The van der Waals surface area contributed by atoms with Crippen LogP contribution in [-0.4, -0.2) is 40.6 Å². The highest BCUT2D eigenvalue weighted by Gasteiger charge is 2.33. The average Bonchev–Trinajstić information content (AvgIpc) is 2.83. The van der Waals surface area contributed by atoms with Crippen LogP contribution in [0.3, 0.4) is 0 Å². The molecule has 3 heterocycles. The van der Waals surface area contributed by atoms with Crippen molar-refractivity contribution in [3.63, 3.8) is 0 Å². The number of pyridine rings is 1. The summed E-state index contributed by atoms with van der Waals surface area (Å²) in [7, 11) is -1.93. The van der Waals surface area contributed by atoms with Gasteiger partial charge < -0.3 is 0 Å². The van der Waals surface area contributed by atoms with Crippen molar-refractivity contribution in [1.29, 1.82) is 0 Å². The Bertz CT molecular complexity index is 867. The van der Waals surface area contributed by atoms with Crippen molar-refractivity contribution in [2.75, 3.05) is 13.1 Å². The highest BCUT2D eigenvalue weighted by molar-refractivity contribution is 7.89. The Morgan fingerprint density at radius 2 is 1.83 bits per heavy atom. The molecule has 23 heavy (non-hydrogen) atoms. The largest absolute Gasteiger partial charge is 0.263 e. The van der Waals surface area contributed by atoms with Gasteiger partial charge in [-0.05, 0) is 38.2 Å². The van der Waals surface area contributed by atoms with Crippen LogP contribution >= 0.6 is 11.6 Å². The lowest BCUT2D eigenvalue weighted by atomic mass is 10.0. The molecule has 1 aliphatic heterocycles. The second-order valence-electron chi connectivity index (χ2n) is 6.35. The molecule has 0 N–H and O–H groups in total. The SMILES string of the molecule is Cc1nc2c(c(S(=O)(=O)N3CCC(C)CC3)nn2C)c(C)c1Cl. The first-order valence-corrected chi connectivity index (χ1v) is 9.54. The van der Waals surface area contributed by atoms with Crippen molar-refractivity contribution in [2.24, 2.45) is 13.0 Å². The molecule has 0 aromatic carbocycles. The van der Waals surface area contributed by atoms with Gasteiger partial charge in [0.1, 0.15) is 0 Å². The zero-order valence-electron chi connectivity index (χ0n) is 13.8. The molecule has 1 aliphatic rings. The van der Waals surface area contributed by atoms with E-state index >= 15 is 0 Å². The Labute approximate surface area is 141 Å². The van der Waals surface area contributed by atoms with Gasteiger partial charge in [-0.2, -0.15) is 9.40 Å². The van der Waals surface area contributed by atoms with Crippen molar-refractivity contribution >= 4 is 32.7 Å². The number of aryl methyl sites for hydroxylation is 3. The molecule has 8 heteroatoms. The fraction of sp³-hybridized carbons (Fsp3) is 0.600. The van der Waals surface area contributed by atoms with E-state index < -0.39 is 10.0 Å². The van der Waals surface area contributed by atoms with Gasteiger partial charge in [0.2, 0.25) is 5.03 Å². The number of nitrogens with zero attached hydrogens (tertiary/aromatic N) is 4. The number of fused-ring (bicyclic) bond motifs is 1. The Morgan fingerprint density at radius 1 is 1.22 bits per heavy atom. The number of aromatic nitrogens is 3. The van der Waals surface area contributed by atoms with Gasteiger partial charge in [0.25, 0.3) is 10.0 Å². The minimum atomic E-state index is -3.64. The van der Waals surface area contributed by atoms with Crippen molar-refractivity contribution in [2.45, 2.75) is 38.6 Å². The summed E-state index contributed by atoms with van der Waals surface area (Å²) in [5.74, 6) is 0.558. The summed E-state index contributed by atoms with van der Waals surface area (Å²) < 4.78 is 29.1. The van der Waals surface area contributed by atoms with E-state index in [1.165, 1.54) is 8.99 Å². The number of halogens is 1. The molecular formula is C15H21ClN4O2S. The fourth-order valence-corrected chi connectivity index (χ4v) is 4.87. The zero-order valence-corrected chi connectivity index (χ0v) is 15.4. The van der Waals surface area contributed by atoms with E-state index in [4.69, 9.17) is 11.6 Å². The van der Waals surface area contributed by atoms with Crippen molar-refractivity contribution in [1.82, 2.24) is 19.1 Å². The normalized spacial score (nSPS) is 18.0. The Hall–Kier alpha value is -1.18. The molecule has 2 aromatic heterocycles. The van der Waals surface area contributed by atoms with E-state index in [0.29, 0.717) is 46.3 Å². The topological polar surface area (TPSA) is 68.1 Å². The minimum Gasteiger partial charge on any atom is -0.249 e. The van der Waals surface area contributed by atoms with Gasteiger partial charge in [0, 0.05) is 20.1 Å². The molecule has 1 fully saturated rings. The van der Waals surface area contributed by atoms with E-state index in [1.54, 1.807) is 7.05 Å². The van der Waals surface area contributed by atoms with Crippen LogP contribution < -0.4 is 0 Å². The molecule has 2 aromatic rings. The zero-order chi connectivity index (χ0) is 16.9. The second-order valence-corrected chi connectivity index (χ2v) is 8.58. The first kappa shape index (κ1) is 16.7. The van der Waals surface area contributed by atoms with E-state index in [-0.39, 0.29) is 5.03 Å². The maximum absolute atomic E-state index is 13.0. The third-order valence-corrected chi connectivity index (χ3v) is 6.98. The summed E-state index contributed by atoms with van der Waals surface area (Å²) in [4.78, 5) is 4.41. The summed E-state index contributed by atoms with van der Waals surface area (Å²) in [6.07, 6.45) is 1.75. The number of rotatable bonds is 2. The molecule has 0 unspecified atom stereocenters. The number of hydrogen-bond acceptors (Lipinski definition) is 4. The van der Waals surface area contributed by atoms with Crippen molar-refractivity contribution in [3.05, 3.63) is 16.3 Å². The predicted octanol–water partition coefficient (Wildman–Crippen LogP) is 2.66. The molecule has 0 spiro atoms. The van der Waals surface area contributed by atoms with Crippen LogP contribution in [0.15, 0.2) is 5.03 Å². The number of hydrogen-bond donors (Lipinski definition) is 0. The van der Waals surface area contributed by atoms with Crippen molar-refractivity contribution in [3.8, 4) is 0 Å². The molecule has 0 amide bonds. The lowest BCUT2D eigenvalue weighted by Crippen LogP contribution is -2.38. The highest BCUT2D eigenvalue weighted by atomic mass is 35.5. The molecule has 6 nitrogen and oxygen atoms in total. The minimum absolute atomic E-state index is 0.0662. The number of sulfonamides is 1. The monoisotopic (exact) mass is 356 g/mol. The van der Waals surface area contributed by atoms with Crippen molar-refractivity contribution < 1.29 is 8.42 Å². The summed E-state index contributed by atoms with van der Waals surface area (Å²) in [5.41, 5.74) is 1.94. The molecule has 0 radical (unpaired) electrons. The highest BCUT2D eigenvalue weighted by Crippen LogP contribution is 2.33. The van der Waals surface area contributed by atoms with Crippen LogP contribution in [-0.2, 0) is 17.1 Å². The first-order chi connectivity index (χ1) is 10.7. The van der Waals surface area contributed by atoms with Crippen LogP contribution in [0.5, 0.6) is 0 Å². The molecule has 0 aliphatic carbocycles. The lowest BCUT2D eigenvalue weighted by Gasteiger charge is -2.28. The van der Waals surface area contributed by atoms with Crippen LogP contribution in [0.25, 0.3) is 11.0 Å². The third kappa shape index (κ3) is 2.64. The molecular weight excluding hydrogens is 336 g/mol. The standard InChI is InChI=1S/C15H21ClN4O2S/c1-9-5-7-20(8-6-9)23(21,22)15-12-10(2)13(16)11(3)17-14(12)19(4)18-15/h9H,5-8H2,1-4H3. The summed E-state index contributed by atoms with van der Waals surface area (Å²) >= 11 is 6.28. The van der Waals surface area contributed by atoms with Crippen LogP contribution in [0.4, 0.5) is 0 Å². The summed E-state index contributed by atoms with van der Waals surface area (Å²) in [6.45, 7) is 6.85. The molecule has 0 bridgehead atoms. The quantitative estimate of drug-likeness (QED) is 0.829.